The van der Waals surface area contributed by atoms with E-state index in [2.05, 4.69) is 15.5 Å². The summed E-state index contributed by atoms with van der Waals surface area (Å²) in [6.07, 6.45) is 1.76. The fourth-order valence-corrected chi connectivity index (χ4v) is 2.55. The maximum absolute atomic E-state index is 12.2. The molecule has 0 unspecified atom stereocenters. The predicted octanol–water partition coefficient (Wildman–Crippen LogP) is 2.11. The summed E-state index contributed by atoms with van der Waals surface area (Å²) in [5, 5.41) is 11.4. The Labute approximate surface area is 140 Å². The van der Waals surface area contributed by atoms with Gasteiger partial charge in [-0.25, -0.2) is 0 Å². The van der Waals surface area contributed by atoms with Crippen molar-refractivity contribution in [1.29, 1.82) is 0 Å². The van der Waals surface area contributed by atoms with Gasteiger partial charge in [-0.3, -0.25) is 14.2 Å². The molecule has 0 aliphatic carbocycles. The minimum absolute atomic E-state index is 0.238. The van der Waals surface area contributed by atoms with Crippen molar-refractivity contribution in [2.45, 2.75) is 33.9 Å². The highest BCUT2D eigenvalue weighted by Crippen LogP contribution is 2.12. The van der Waals surface area contributed by atoms with Gasteiger partial charge in [-0.05, 0) is 39.0 Å². The molecule has 0 aliphatic rings. The third-order valence-corrected chi connectivity index (χ3v) is 4.07. The summed E-state index contributed by atoms with van der Waals surface area (Å²) in [4.78, 5) is 12.2. The molecule has 24 heavy (non-hydrogen) atoms. The highest BCUT2D eigenvalue weighted by atomic mass is 16.4. The van der Waals surface area contributed by atoms with Gasteiger partial charge in [-0.2, -0.15) is 10.2 Å². The SMILES string of the molecule is Cc1cc(C)n(Cc2ccc(C(=O)NCc3cnn(C)c3C)o2)n1. The van der Waals surface area contributed by atoms with Crippen LogP contribution in [0, 0.1) is 20.8 Å². The van der Waals surface area contributed by atoms with Crippen molar-refractivity contribution in [3.05, 3.63) is 58.6 Å². The Balaban J connectivity index is 1.63. The first-order valence-electron chi connectivity index (χ1n) is 7.79. The smallest absolute Gasteiger partial charge is 0.287 e. The Morgan fingerprint density at radius 3 is 2.71 bits per heavy atom. The molecule has 0 atom stereocenters. The number of aromatic nitrogens is 4. The summed E-state index contributed by atoms with van der Waals surface area (Å²) >= 11 is 0. The molecule has 0 fully saturated rings. The molecule has 1 N–H and O–H groups in total. The molecule has 0 radical (unpaired) electrons. The Kier molecular flexibility index (Phi) is 4.24. The largest absolute Gasteiger partial charge is 0.454 e. The number of carbonyl (C=O) groups is 1. The van der Waals surface area contributed by atoms with Crippen molar-refractivity contribution in [1.82, 2.24) is 24.9 Å². The van der Waals surface area contributed by atoms with Gasteiger partial charge in [-0.15, -0.1) is 0 Å². The van der Waals surface area contributed by atoms with E-state index in [0.717, 1.165) is 22.6 Å². The highest BCUT2D eigenvalue weighted by Gasteiger charge is 2.13. The van der Waals surface area contributed by atoms with Crippen LogP contribution in [0.3, 0.4) is 0 Å². The number of nitrogens with zero attached hydrogens (tertiary/aromatic N) is 4. The van der Waals surface area contributed by atoms with Crippen LogP contribution in [-0.2, 0) is 20.1 Å². The van der Waals surface area contributed by atoms with Crippen molar-refractivity contribution >= 4 is 5.91 Å². The van der Waals surface area contributed by atoms with Gasteiger partial charge in [0.15, 0.2) is 5.76 Å². The summed E-state index contributed by atoms with van der Waals surface area (Å²) in [6.45, 7) is 6.84. The average molecular weight is 327 g/mol. The van der Waals surface area contributed by atoms with E-state index in [9.17, 15) is 4.79 Å². The van der Waals surface area contributed by atoms with Gasteiger partial charge in [-0.1, -0.05) is 0 Å². The first-order chi connectivity index (χ1) is 11.4. The van der Waals surface area contributed by atoms with E-state index in [1.807, 2.05) is 38.6 Å². The molecule has 0 aromatic carbocycles. The van der Waals surface area contributed by atoms with Crippen LogP contribution in [0.2, 0.25) is 0 Å². The number of hydrogen-bond acceptors (Lipinski definition) is 4. The van der Waals surface area contributed by atoms with Crippen molar-refractivity contribution in [2.75, 3.05) is 0 Å². The molecular formula is C17H21N5O2. The van der Waals surface area contributed by atoms with E-state index in [1.54, 1.807) is 23.0 Å². The molecule has 0 spiro atoms. The summed E-state index contributed by atoms with van der Waals surface area (Å²) in [5.74, 6) is 0.759. The third kappa shape index (κ3) is 3.24. The molecule has 1 amide bonds. The van der Waals surface area contributed by atoms with Gasteiger partial charge in [0.25, 0.3) is 5.91 Å². The van der Waals surface area contributed by atoms with E-state index < -0.39 is 0 Å². The van der Waals surface area contributed by atoms with Crippen molar-refractivity contribution < 1.29 is 9.21 Å². The zero-order valence-electron chi connectivity index (χ0n) is 14.3. The number of hydrogen-bond donors (Lipinski definition) is 1. The lowest BCUT2D eigenvalue weighted by atomic mass is 10.2. The molecular weight excluding hydrogens is 306 g/mol. The molecule has 3 rings (SSSR count). The fourth-order valence-electron chi connectivity index (χ4n) is 2.55. The van der Waals surface area contributed by atoms with Gasteiger partial charge in [0.1, 0.15) is 5.76 Å². The monoisotopic (exact) mass is 327 g/mol. The molecule has 3 heterocycles. The van der Waals surface area contributed by atoms with Gasteiger partial charge < -0.3 is 9.73 Å². The van der Waals surface area contributed by atoms with Gasteiger partial charge in [0.05, 0.1) is 18.4 Å². The van der Waals surface area contributed by atoms with Crippen LogP contribution >= 0.6 is 0 Å². The molecule has 0 saturated heterocycles. The van der Waals surface area contributed by atoms with Gasteiger partial charge in [0, 0.05) is 30.5 Å². The number of carbonyl (C=O) groups excluding carboxylic acids is 1. The number of rotatable bonds is 5. The predicted molar refractivity (Wildman–Crippen MR) is 88.6 cm³/mol. The lowest BCUT2D eigenvalue weighted by Crippen LogP contribution is -2.22. The van der Waals surface area contributed by atoms with Crippen molar-refractivity contribution in [3.63, 3.8) is 0 Å². The Morgan fingerprint density at radius 2 is 2.08 bits per heavy atom. The first kappa shape index (κ1) is 16.0. The van der Waals surface area contributed by atoms with Crippen molar-refractivity contribution in [2.24, 2.45) is 7.05 Å². The zero-order chi connectivity index (χ0) is 17.3. The van der Waals surface area contributed by atoms with Crippen LogP contribution in [0.25, 0.3) is 0 Å². The van der Waals surface area contributed by atoms with Crippen LogP contribution < -0.4 is 5.32 Å². The second kappa shape index (κ2) is 6.35. The third-order valence-electron chi connectivity index (χ3n) is 4.07. The molecule has 3 aromatic heterocycles. The van der Waals surface area contributed by atoms with Crippen LogP contribution in [0.1, 0.15) is 39.0 Å². The number of amides is 1. The fraction of sp³-hybridized carbons (Fsp3) is 0.353. The maximum Gasteiger partial charge on any atom is 0.287 e. The summed E-state index contributed by atoms with van der Waals surface area (Å²) in [5.41, 5.74) is 4.03. The summed E-state index contributed by atoms with van der Waals surface area (Å²) < 4.78 is 9.28. The highest BCUT2D eigenvalue weighted by molar-refractivity contribution is 5.91. The second-order valence-electron chi connectivity index (χ2n) is 5.91. The molecule has 0 saturated carbocycles. The normalized spacial score (nSPS) is 11.0. The topological polar surface area (TPSA) is 77.9 Å². The van der Waals surface area contributed by atoms with E-state index in [0.29, 0.717) is 24.6 Å². The first-order valence-corrected chi connectivity index (χ1v) is 7.79. The average Bonchev–Trinajstić information content (AvgIpc) is 3.21. The van der Waals surface area contributed by atoms with E-state index >= 15 is 0 Å². The maximum atomic E-state index is 12.2. The standard InChI is InChI=1S/C17H21N5O2/c1-11-7-12(2)22(20-11)10-15-5-6-16(24-15)17(23)18-8-14-9-19-21(4)13(14)3/h5-7,9H,8,10H2,1-4H3,(H,18,23). The van der Waals surface area contributed by atoms with Crippen LogP contribution in [0.5, 0.6) is 0 Å². The van der Waals surface area contributed by atoms with Crippen LogP contribution in [-0.4, -0.2) is 25.5 Å². The van der Waals surface area contributed by atoms with Crippen LogP contribution in [0.4, 0.5) is 0 Å². The molecule has 126 valence electrons. The molecule has 0 bridgehead atoms. The minimum Gasteiger partial charge on any atom is -0.454 e. The van der Waals surface area contributed by atoms with Crippen molar-refractivity contribution in [3.8, 4) is 0 Å². The van der Waals surface area contributed by atoms with E-state index in [-0.39, 0.29) is 5.91 Å². The second-order valence-corrected chi connectivity index (χ2v) is 5.91. The lowest BCUT2D eigenvalue weighted by Gasteiger charge is -2.03. The molecule has 3 aromatic rings. The quantitative estimate of drug-likeness (QED) is 0.778. The van der Waals surface area contributed by atoms with E-state index in [4.69, 9.17) is 4.42 Å². The summed E-state index contributed by atoms with van der Waals surface area (Å²) in [6, 6.07) is 5.50. The minimum atomic E-state index is -0.238. The Hall–Kier alpha value is -2.83. The number of aryl methyl sites for hydroxylation is 3. The lowest BCUT2D eigenvalue weighted by molar-refractivity contribution is 0.0921. The molecule has 7 heteroatoms. The molecule has 7 nitrogen and oxygen atoms in total. The number of furan rings is 1. The van der Waals surface area contributed by atoms with E-state index in [1.165, 1.54) is 0 Å². The zero-order valence-corrected chi connectivity index (χ0v) is 14.3. The van der Waals surface area contributed by atoms with Gasteiger partial charge >= 0.3 is 0 Å². The summed E-state index contributed by atoms with van der Waals surface area (Å²) in [7, 11) is 1.87. The van der Waals surface area contributed by atoms with Gasteiger partial charge in [0.2, 0.25) is 0 Å². The Morgan fingerprint density at radius 1 is 1.29 bits per heavy atom. The number of nitrogens with one attached hydrogen (secondary N) is 1. The Bertz CT molecular complexity index is 872. The van der Waals surface area contributed by atoms with Crippen LogP contribution in [0.15, 0.2) is 28.8 Å². The molecule has 0 aliphatic heterocycles.